The number of fused-ring (bicyclic) bond motifs is 1. The van der Waals surface area contributed by atoms with Crippen LogP contribution in [-0.2, 0) is 11.2 Å². The van der Waals surface area contributed by atoms with Crippen molar-refractivity contribution in [2.45, 2.75) is 65.5 Å². The summed E-state index contributed by atoms with van der Waals surface area (Å²) in [5.41, 5.74) is 3.44. The fourth-order valence-electron chi connectivity index (χ4n) is 4.16. The highest BCUT2D eigenvalue weighted by molar-refractivity contribution is 5.78. The number of hydrogen-bond donors (Lipinski definition) is 1. The Balaban J connectivity index is 2.11. The molecule has 168 valence electrons. The molecular weight excluding hydrogens is 397 g/mol. The number of halogens is 1. The molecule has 1 aliphatic rings. The predicted molar refractivity (Wildman–Crippen MR) is 119 cm³/mol. The summed E-state index contributed by atoms with van der Waals surface area (Å²) >= 11 is 0. The average molecular weight is 430 g/mol. The standard InChI is InChI=1S/C25H32FNO4/c1-14(2)19-12-16(13-20(26)23(19)28)22-18-10-11-27(24(29)31-25(4,5)6)15(3)17(18)8-9-21(22)30-7/h8-9,12-15,28H,10-11H2,1-7H3/t15-/m1/s1. The molecule has 1 N–H and O–H groups in total. The summed E-state index contributed by atoms with van der Waals surface area (Å²) in [4.78, 5) is 14.4. The van der Waals surface area contributed by atoms with Crippen LogP contribution in [-0.4, -0.2) is 35.4 Å². The first-order valence-corrected chi connectivity index (χ1v) is 10.7. The molecule has 1 aliphatic heterocycles. The molecule has 0 fully saturated rings. The minimum atomic E-state index is -0.653. The number of phenols is 1. The fourth-order valence-corrected chi connectivity index (χ4v) is 4.16. The van der Waals surface area contributed by atoms with Crippen molar-refractivity contribution in [2.75, 3.05) is 13.7 Å². The van der Waals surface area contributed by atoms with Gasteiger partial charge in [0.25, 0.3) is 0 Å². The molecule has 0 saturated heterocycles. The zero-order chi connectivity index (χ0) is 23.1. The highest BCUT2D eigenvalue weighted by atomic mass is 19.1. The molecule has 5 nitrogen and oxygen atoms in total. The molecule has 0 radical (unpaired) electrons. The van der Waals surface area contributed by atoms with Gasteiger partial charge in [-0.2, -0.15) is 0 Å². The quantitative estimate of drug-likeness (QED) is 0.632. The van der Waals surface area contributed by atoms with Gasteiger partial charge in [-0.15, -0.1) is 0 Å². The normalized spacial score (nSPS) is 16.3. The van der Waals surface area contributed by atoms with E-state index in [4.69, 9.17) is 9.47 Å². The van der Waals surface area contributed by atoms with E-state index in [0.717, 1.165) is 16.7 Å². The zero-order valence-electron chi connectivity index (χ0n) is 19.4. The lowest BCUT2D eigenvalue weighted by Gasteiger charge is -2.37. The van der Waals surface area contributed by atoms with Crippen LogP contribution in [0, 0.1) is 5.82 Å². The van der Waals surface area contributed by atoms with E-state index >= 15 is 0 Å². The third kappa shape index (κ3) is 4.48. The van der Waals surface area contributed by atoms with E-state index in [1.54, 1.807) is 12.0 Å². The van der Waals surface area contributed by atoms with Crippen molar-refractivity contribution in [2.24, 2.45) is 0 Å². The lowest BCUT2D eigenvalue weighted by molar-refractivity contribution is 0.0160. The molecule has 6 heteroatoms. The van der Waals surface area contributed by atoms with E-state index in [2.05, 4.69) is 0 Å². The maximum absolute atomic E-state index is 14.6. The van der Waals surface area contributed by atoms with Crippen LogP contribution in [0.2, 0.25) is 0 Å². The number of hydrogen-bond acceptors (Lipinski definition) is 4. The van der Waals surface area contributed by atoms with Crippen molar-refractivity contribution in [3.8, 4) is 22.6 Å². The second-order valence-corrected chi connectivity index (χ2v) is 9.36. The fraction of sp³-hybridized carbons (Fsp3) is 0.480. The first-order chi connectivity index (χ1) is 14.4. The van der Waals surface area contributed by atoms with Crippen LogP contribution in [0.1, 0.15) is 70.2 Å². The van der Waals surface area contributed by atoms with Crippen molar-refractivity contribution in [1.82, 2.24) is 4.90 Å². The van der Waals surface area contributed by atoms with Gasteiger partial charge < -0.3 is 19.5 Å². The van der Waals surface area contributed by atoms with Gasteiger partial charge in [0.2, 0.25) is 0 Å². The molecule has 31 heavy (non-hydrogen) atoms. The molecule has 1 atom stereocenters. The SMILES string of the molecule is COc1ccc2c(c1-c1cc(F)c(O)c(C(C)C)c1)CCN(C(=O)OC(C)(C)C)[C@@H]2C. The van der Waals surface area contributed by atoms with E-state index in [9.17, 15) is 14.3 Å². The van der Waals surface area contributed by atoms with E-state index in [-0.39, 0.29) is 23.8 Å². The van der Waals surface area contributed by atoms with E-state index < -0.39 is 11.4 Å². The maximum Gasteiger partial charge on any atom is 0.410 e. The molecule has 0 saturated carbocycles. The summed E-state index contributed by atoms with van der Waals surface area (Å²) < 4.78 is 25.8. The Morgan fingerprint density at radius 3 is 2.52 bits per heavy atom. The number of carbonyl (C=O) groups excluding carboxylic acids is 1. The van der Waals surface area contributed by atoms with Crippen LogP contribution in [0.3, 0.4) is 0 Å². The van der Waals surface area contributed by atoms with E-state index in [1.807, 2.05) is 59.7 Å². The van der Waals surface area contributed by atoms with E-state index in [0.29, 0.717) is 29.8 Å². The number of nitrogens with zero attached hydrogens (tertiary/aromatic N) is 1. The number of carbonyl (C=O) groups is 1. The summed E-state index contributed by atoms with van der Waals surface area (Å²) in [6, 6.07) is 6.79. The second-order valence-electron chi connectivity index (χ2n) is 9.36. The lowest BCUT2D eigenvalue weighted by atomic mass is 9.85. The van der Waals surface area contributed by atoms with Crippen LogP contribution >= 0.6 is 0 Å². The molecule has 0 unspecified atom stereocenters. The molecule has 1 heterocycles. The third-order valence-corrected chi connectivity index (χ3v) is 5.68. The van der Waals surface area contributed by atoms with Gasteiger partial charge in [-0.25, -0.2) is 9.18 Å². The van der Waals surface area contributed by atoms with Crippen LogP contribution in [0.4, 0.5) is 9.18 Å². The summed E-state index contributed by atoms with van der Waals surface area (Å²) in [5.74, 6) is -0.370. The van der Waals surface area contributed by atoms with Gasteiger partial charge in [-0.05, 0) is 74.9 Å². The van der Waals surface area contributed by atoms with E-state index in [1.165, 1.54) is 6.07 Å². The Morgan fingerprint density at radius 1 is 1.26 bits per heavy atom. The monoisotopic (exact) mass is 429 g/mol. The Kier molecular flexibility index (Phi) is 6.21. The minimum absolute atomic E-state index is 0.0402. The average Bonchev–Trinajstić information content (AvgIpc) is 2.67. The molecule has 0 bridgehead atoms. The number of ether oxygens (including phenoxy) is 2. The smallest absolute Gasteiger partial charge is 0.410 e. The van der Waals surface area contributed by atoms with Crippen molar-refractivity contribution >= 4 is 6.09 Å². The largest absolute Gasteiger partial charge is 0.505 e. The van der Waals surface area contributed by atoms with Crippen molar-refractivity contribution < 1.29 is 23.8 Å². The summed E-state index contributed by atoms with van der Waals surface area (Å²) in [7, 11) is 1.59. The van der Waals surface area contributed by atoms with Gasteiger partial charge in [-0.1, -0.05) is 19.9 Å². The molecule has 1 amide bonds. The third-order valence-electron chi connectivity index (χ3n) is 5.68. The van der Waals surface area contributed by atoms with Crippen molar-refractivity contribution in [1.29, 1.82) is 0 Å². The first-order valence-electron chi connectivity index (χ1n) is 10.7. The summed E-state index contributed by atoms with van der Waals surface area (Å²) in [6.07, 6.45) is 0.242. The number of rotatable bonds is 3. The Labute approximate surface area is 183 Å². The molecule has 3 rings (SSSR count). The zero-order valence-corrected chi connectivity index (χ0v) is 19.4. The van der Waals surface area contributed by atoms with Crippen LogP contribution in [0.15, 0.2) is 24.3 Å². The Bertz CT molecular complexity index is 994. The topological polar surface area (TPSA) is 59.0 Å². The molecule has 0 spiro atoms. The van der Waals surface area contributed by atoms with Crippen molar-refractivity contribution in [3.05, 3.63) is 46.8 Å². The van der Waals surface area contributed by atoms with Gasteiger partial charge in [0, 0.05) is 17.7 Å². The highest BCUT2D eigenvalue weighted by Crippen LogP contribution is 2.43. The van der Waals surface area contributed by atoms with Crippen LogP contribution in [0.25, 0.3) is 11.1 Å². The number of methoxy groups -OCH3 is 1. The van der Waals surface area contributed by atoms with Crippen LogP contribution < -0.4 is 4.74 Å². The number of amides is 1. The molecular formula is C25H32FNO4. The molecule has 2 aromatic rings. The first kappa shape index (κ1) is 22.9. The molecule has 2 aromatic carbocycles. The van der Waals surface area contributed by atoms with Gasteiger partial charge in [-0.3, -0.25) is 0 Å². The highest BCUT2D eigenvalue weighted by Gasteiger charge is 2.33. The second kappa shape index (κ2) is 8.40. The van der Waals surface area contributed by atoms with Gasteiger partial charge in [0.05, 0.1) is 13.2 Å². The predicted octanol–water partition coefficient (Wildman–Crippen LogP) is 6.18. The number of phenolic OH excluding ortho intramolecular Hbond substituents is 1. The molecule has 0 aromatic heterocycles. The van der Waals surface area contributed by atoms with Crippen LogP contribution in [0.5, 0.6) is 11.5 Å². The maximum atomic E-state index is 14.6. The summed E-state index contributed by atoms with van der Waals surface area (Å²) in [5, 5.41) is 10.2. The van der Waals surface area contributed by atoms with Crippen molar-refractivity contribution in [3.63, 3.8) is 0 Å². The number of benzene rings is 2. The lowest BCUT2D eigenvalue weighted by Crippen LogP contribution is -2.42. The van der Waals surface area contributed by atoms with Gasteiger partial charge in [0.1, 0.15) is 11.4 Å². The van der Waals surface area contributed by atoms with Gasteiger partial charge in [0.15, 0.2) is 11.6 Å². The summed E-state index contributed by atoms with van der Waals surface area (Å²) in [6.45, 7) is 11.8. The number of aromatic hydroxyl groups is 1. The van der Waals surface area contributed by atoms with Gasteiger partial charge >= 0.3 is 6.09 Å². The minimum Gasteiger partial charge on any atom is -0.505 e. The Hall–Kier alpha value is -2.76. The Morgan fingerprint density at radius 2 is 1.94 bits per heavy atom. The molecule has 0 aliphatic carbocycles.